The number of ketones is 1. The maximum absolute atomic E-state index is 11.5. The highest BCUT2D eigenvalue weighted by Gasteiger charge is 2.37. The Morgan fingerprint density at radius 1 is 1.12 bits per heavy atom. The van der Waals surface area contributed by atoms with Crippen molar-refractivity contribution in [3.05, 3.63) is 58.1 Å². The zero-order valence-electron chi connectivity index (χ0n) is 16.4. The van der Waals surface area contributed by atoms with E-state index in [4.69, 9.17) is 9.16 Å². The van der Waals surface area contributed by atoms with Crippen molar-refractivity contribution in [1.82, 2.24) is 0 Å². The van der Waals surface area contributed by atoms with Crippen LogP contribution in [0.4, 0.5) is 0 Å². The largest absolute Gasteiger partial charge is 0.456 e. The predicted molar refractivity (Wildman–Crippen MR) is 113 cm³/mol. The summed E-state index contributed by atoms with van der Waals surface area (Å²) in [5, 5.41) is 0.185. The summed E-state index contributed by atoms with van der Waals surface area (Å²) < 4.78 is 13.0. The molecule has 0 heterocycles. The van der Waals surface area contributed by atoms with Gasteiger partial charge in [0.05, 0.1) is 11.1 Å². The number of ether oxygens (including phenoxy) is 1. The summed E-state index contributed by atoms with van der Waals surface area (Å²) in [7, 11) is -1.79. The first-order chi connectivity index (χ1) is 12.0. The van der Waals surface area contributed by atoms with Crippen molar-refractivity contribution in [2.45, 2.75) is 52.4 Å². The van der Waals surface area contributed by atoms with Gasteiger partial charge < -0.3 is 9.16 Å². The van der Waals surface area contributed by atoms with Gasteiger partial charge in [0.2, 0.25) is 0 Å². The molecule has 2 aromatic rings. The maximum Gasteiger partial charge on any atom is 0.192 e. The Morgan fingerprint density at radius 3 is 2.38 bits per heavy atom. The van der Waals surface area contributed by atoms with Gasteiger partial charge in [-0.2, -0.15) is 0 Å². The lowest BCUT2D eigenvalue weighted by Crippen LogP contribution is -2.40. The summed E-state index contributed by atoms with van der Waals surface area (Å²) in [6.07, 6.45) is 0. The van der Waals surface area contributed by atoms with E-state index >= 15 is 0 Å². The summed E-state index contributed by atoms with van der Waals surface area (Å²) in [4.78, 5) is 11.5. The van der Waals surface area contributed by atoms with E-state index in [2.05, 4.69) is 49.8 Å². The Hall–Kier alpha value is -1.43. The molecule has 0 saturated heterocycles. The molecule has 0 unspecified atom stereocenters. The van der Waals surface area contributed by atoms with E-state index in [9.17, 15) is 4.79 Å². The number of halogens is 1. The number of benzene rings is 2. The highest BCUT2D eigenvalue weighted by atomic mass is 79.9. The maximum atomic E-state index is 11.5. The molecule has 0 aliphatic rings. The minimum Gasteiger partial charge on any atom is -0.456 e. The van der Waals surface area contributed by atoms with E-state index in [0.29, 0.717) is 17.9 Å². The summed E-state index contributed by atoms with van der Waals surface area (Å²) in [5.74, 6) is 1.46. The summed E-state index contributed by atoms with van der Waals surface area (Å²) in [6, 6.07) is 13.3. The second kappa shape index (κ2) is 8.07. The summed E-state index contributed by atoms with van der Waals surface area (Å²) in [5.41, 5.74) is 1.74. The quantitative estimate of drug-likeness (QED) is 0.363. The van der Waals surface area contributed by atoms with Crippen molar-refractivity contribution in [3.8, 4) is 11.5 Å². The molecule has 0 N–H and O–H groups in total. The second-order valence-electron chi connectivity index (χ2n) is 8.00. The molecule has 0 aliphatic carbocycles. The van der Waals surface area contributed by atoms with Crippen molar-refractivity contribution < 1.29 is 14.0 Å². The number of rotatable bonds is 6. The number of carbonyl (C=O) groups is 1. The molecule has 140 valence electrons. The van der Waals surface area contributed by atoms with Crippen LogP contribution in [0.3, 0.4) is 0 Å². The number of hydrogen-bond donors (Lipinski definition) is 0. The monoisotopic (exact) mass is 434 g/mol. The van der Waals surface area contributed by atoms with Gasteiger partial charge in [-0.15, -0.1) is 0 Å². The fourth-order valence-electron chi connectivity index (χ4n) is 2.11. The average Bonchev–Trinajstić information content (AvgIpc) is 2.54. The SMILES string of the molecule is CC(=O)c1ccc(Oc2cccc(CO[Si](C)(C)C(C)(C)C)c2)c(Br)c1. The first-order valence-electron chi connectivity index (χ1n) is 8.71. The van der Waals surface area contributed by atoms with Gasteiger partial charge in [-0.3, -0.25) is 4.79 Å². The van der Waals surface area contributed by atoms with E-state index in [-0.39, 0.29) is 10.8 Å². The van der Waals surface area contributed by atoms with Crippen LogP contribution in [0.25, 0.3) is 0 Å². The minimum atomic E-state index is -1.79. The van der Waals surface area contributed by atoms with Crippen molar-refractivity contribution in [1.29, 1.82) is 0 Å². The molecule has 0 amide bonds. The molecule has 2 aromatic carbocycles. The van der Waals surface area contributed by atoms with Crippen molar-refractivity contribution in [2.24, 2.45) is 0 Å². The van der Waals surface area contributed by atoms with Crippen molar-refractivity contribution in [2.75, 3.05) is 0 Å². The van der Waals surface area contributed by atoms with Crippen LogP contribution in [0.2, 0.25) is 18.1 Å². The van der Waals surface area contributed by atoms with E-state index in [0.717, 1.165) is 15.8 Å². The van der Waals surface area contributed by atoms with E-state index < -0.39 is 8.32 Å². The fourth-order valence-corrected chi connectivity index (χ4v) is 3.53. The van der Waals surface area contributed by atoms with Gasteiger partial charge in [-0.05, 0) is 76.9 Å². The molecule has 3 nitrogen and oxygen atoms in total. The third-order valence-corrected chi connectivity index (χ3v) is 9.97. The lowest BCUT2D eigenvalue weighted by Gasteiger charge is -2.36. The predicted octanol–water partition coefficient (Wildman–Crippen LogP) is 6.97. The number of carbonyl (C=O) groups excluding carboxylic acids is 1. The normalized spacial score (nSPS) is 12.1. The van der Waals surface area contributed by atoms with Crippen LogP contribution in [-0.2, 0) is 11.0 Å². The van der Waals surface area contributed by atoms with Crippen LogP contribution >= 0.6 is 15.9 Å². The second-order valence-corrected chi connectivity index (χ2v) is 13.7. The zero-order valence-corrected chi connectivity index (χ0v) is 18.9. The smallest absolute Gasteiger partial charge is 0.192 e. The molecule has 0 aliphatic heterocycles. The van der Waals surface area contributed by atoms with Gasteiger partial charge in [-0.1, -0.05) is 32.9 Å². The standard InChI is InChI=1S/C21H27BrO3Si/c1-15(23)17-10-11-20(19(22)13-17)25-18-9-7-8-16(12-18)14-24-26(5,6)21(2,3)4/h7-13H,14H2,1-6H3. The lowest BCUT2D eigenvalue weighted by molar-refractivity contribution is 0.101. The van der Waals surface area contributed by atoms with E-state index in [1.54, 1.807) is 25.1 Å². The minimum absolute atomic E-state index is 0.0297. The van der Waals surface area contributed by atoms with Crippen molar-refractivity contribution >= 4 is 30.0 Å². The highest BCUT2D eigenvalue weighted by Crippen LogP contribution is 2.37. The van der Waals surface area contributed by atoms with Gasteiger partial charge in [-0.25, -0.2) is 0 Å². The van der Waals surface area contributed by atoms with Gasteiger partial charge >= 0.3 is 0 Å². The first kappa shape index (κ1) is 20.9. The summed E-state index contributed by atoms with van der Waals surface area (Å²) in [6.45, 7) is 13.3. The van der Waals surface area contributed by atoms with Gasteiger partial charge in [0.1, 0.15) is 11.5 Å². The van der Waals surface area contributed by atoms with E-state index in [1.807, 2.05) is 24.3 Å². The van der Waals surface area contributed by atoms with E-state index in [1.165, 1.54) is 0 Å². The van der Waals surface area contributed by atoms with Gasteiger partial charge in [0.25, 0.3) is 0 Å². The molecule has 0 fully saturated rings. The van der Waals surface area contributed by atoms with Crippen LogP contribution in [0.1, 0.15) is 43.6 Å². The Balaban J connectivity index is 2.11. The Morgan fingerprint density at radius 2 is 1.81 bits per heavy atom. The topological polar surface area (TPSA) is 35.5 Å². The van der Waals surface area contributed by atoms with Crippen molar-refractivity contribution in [3.63, 3.8) is 0 Å². The molecular formula is C21H27BrO3Si. The Bertz CT molecular complexity index is 794. The molecule has 0 spiro atoms. The van der Waals surface area contributed by atoms with Gasteiger partial charge in [0.15, 0.2) is 14.1 Å². The van der Waals surface area contributed by atoms with Gasteiger partial charge in [0, 0.05) is 5.56 Å². The molecule has 0 aromatic heterocycles. The third kappa shape index (κ3) is 5.28. The molecule has 26 heavy (non-hydrogen) atoms. The molecule has 0 saturated carbocycles. The van der Waals surface area contributed by atoms with Crippen LogP contribution in [0.15, 0.2) is 46.9 Å². The Labute approximate surface area is 166 Å². The Kier molecular flexibility index (Phi) is 6.48. The van der Waals surface area contributed by atoms with Crippen LogP contribution in [-0.4, -0.2) is 14.1 Å². The molecule has 2 rings (SSSR count). The van der Waals surface area contributed by atoms with Crippen LogP contribution < -0.4 is 4.74 Å². The molecular weight excluding hydrogens is 408 g/mol. The lowest BCUT2D eigenvalue weighted by atomic mass is 10.1. The van der Waals surface area contributed by atoms with Crippen LogP contribution in [0, 0.1) is 0 Å². The molecule has 0 bridgehead atoms. The third-order valence-electron chi connectivity index (χ3n) is 4.87. The number of Topliss-reactive ketones (excluding diaryl/α,β-unsaturated/α-hetero) is 1. The fraction of sp³-hybridized carbons (Fsp3) is 0.381. The zero-order chi connectivity index (χ0) is 19.5. The molecule has 0 atom stereocenters. The number of hydrogen-bond acceptors (Lipinski definition) is 3. The average molecular weight is 435 g/mol. The summed E-state index contributed by atoms with van der Waals surface area (Å²) >= 11 is 3.47. The first-order valence-corrected chi connectivity index (χ1v) is 12.4. The molecule has 5 heteroatoms. The van der Waals surface area contributed by atoms with Crippen LogP contribution in [0.5, 0.6) is 11.5 Å². The highest BCUT2D eigenvalue weighted by molar-refractivity contribution is 9.10. The molecule has 0 radical (unpaired) electrons.